The summed E-state index contributed by atoms with van der Waals surface area (Å²) in [4.78, 5) is 27.9. The molecule has 0 radical (unpaired) electrons. The van der Waals surface area contributed by atoms with Crippen LogP contribution in [0.5, 0.6) is 0 Å². The normalized spacial score (nSPS) is 14.8. The summed E-state index contributed by atoms with van der Waals surface area (Å²) in [5.74, 6) is -0.400. The first-order valence-corrected chi connectivity index (χ1v) is 9.18. The first-order chi connectivity index (χ1) is 13.0. The number of nitrogens with one attached hydrogen (secondary N) is 1. The number of nitrogens with zero attached hydrogens (tertiary/aromatic N) is 3. The highest BCUT2D eigenvalue weighted by molar-refractivity contribution is 6.30. The third-order valence-electron chi connectivity index (χ3n) is 4.70. The van der Waals surface area contributed by atoms with Gasteiger partial charge in [-0.3, -0.25) is 14.9 Å². The number of benzene rings is 2. The largest absolute Gasteiger partial charge is 0.363 e. The Morgan fingerprint density at radius 1 is 1.15 bits per heavy atom. The average molecular weight is 389 g/mol. The van der Waals surface area contributed by atoms with Crippen LogP contribution in [0.1, 0.15) is 17.3 Å². The Morgan fingerprint density at radius 2 is 1.81 bits per heavy atom. The summed E-state index contributed by atoms with van der Waals surface area (Å²) in [5, 5.41) is 14.9. The van der Waals surface area contributed by atoms with Crippen LogP contribution in [0.2, 0.25) is 5.02 Å². The number of rotatable bonds is 5. The lowest BCUT2D eigenvalue weighted by Gasteiger charge is -2.35. The fourth-order valence-electron chi connectivity index (χ4n) is 3.12. The minimum atomic E-state index is -0.430. The predicted octanol–water partition coefficient (Wildman–Crippen LogP) is 3.64. The molecule has 0 unspecified atom stereocenters. The minimum Gasteiger partial charge on any atom is -0.363 e. The van der Waals surface area contributed by atoms with E-state index in [0.717, 1.165) is 32.7 Å². The highest BCUT2D eigenvalue weighted by atomic mass is 35.5. The maximum Gasteiger partial charge on any atom is 0.293 e. The summed E-state index contributed by atoms with van der Waals surface area (Å²) in [5.41, 5.74) is 1.32. The molecule has 0 bridgehead atoms. The first kappa shape index (κ1) is 19.1. The SMILES string of the molecule is CCN1CCN(c2ccc(C(=O)Nc3ccc(Cl)cc3)cc2[N+](=O)[O-])CC1. The molecule has 0 saturated carbocycles. The van der Waals surface area contributed by atoms with Gasteiger partial charge in [-0.05, 0) is 42.9 Å². The number of carbonyl (C=O) groups is 1. The zero-order valence-electron chi connectivity index (χ0n) is 15.0. The van der Waals surface area contributed by atoms with Crippen LogP contribution in [0.4, 0.5) is 17.1 Å². The quantitative estimate of drug-likeness (QED) is 0.624. The van der Waals surface area contributed by atoms with Crippen molar-refractivity contribution in [1.82, 2.24) is 4.90 Å². The van der Waals surface area contributed by atoms with Gasteiger partial charge < -0.3 is 15.1 Å². The van der Waals surface area contributed by atoms with Crippen molar-refractivity contribution in [2.45, 2.75) is 6.92 Å². The molecule has 142 valence electrons. The monoisotopic (exact) mass is 388 g/mol. The van der Waals surface area contributed by atoms with Crippen molar-refractivity contribution in [3.8, 4) is 0 Å². The molecule has 8 heteroatoms. The van der Waals surface area contributed by atoms with Crippen LogP contribution in [0, 0.1) is 10.1 Å². The number of hydrogen-bond donors (Lipinski definition) is 1. The van der Waals surface area contributed by atoms with E-state index in [4.69, 9.17) is 11.6 Å². The number of halogens is 1. The van der Waals surface area contributed by atoms with Gasteiger partial charge in [0.15, 0.2) is 0 Å². The highest BCUT2D eigenvalue weighted by Gasteiger charge is 2.24. The third-order valence-corrected chi connectivity index (χ3v) is 4.95. The fourth-order valence-corrected chi connectivity index (χ4v) is 3.25. The lowest BCUT2D eigenvalue weighted by Crippen LogP contribution is -2.46. The molecule has 27 heavy (non-hydrogen) atoms. The van der Waals surface area contributed by atoms with E-state index in [9.17, 15) is 14.9 Å². The van der Waals surface area contributed by atoms with Gasteiger partial charge in [0.1, 0.15) is 5.69 Å². The number of amides is 1. The molecular weight excluding hydrogens is 368 g/mol. The molecule has 1 N–H and O–H groups in total. The molecular formula is C19H21ClN4O3. The summed E-state index contributed by atoms with van der Waals surface area (Å²) in [6, 6.07) is 11.3. The van der Waals surface area contributed by atoms with E-state index in [0.29, 0.717) is 16.4 Å². The van der Waals surface area contributed by atoms with Crippen LogP contribution >= 0.6 is 11.6 Å². The molecule has 0 atom stereocenters. The van der Waals surface area contributed by atoms with E-state index < -0.39 is 10.8 Å². The van der Waals surface area contributed by atoms with Gasteiger partial charge >= 0.3 is 0 Å². The van der Waals surface area contributed by atoms with E-state index in [1.54, 1.807) is 36.4 Å². The lowest BCUT2D eigenvalue weighted by atomic mass is 10.1. The highest BCUT2D eigenvalue weighted by Crippen LogP contribution is 2.30. The number of piperazine rings is 1. The van der Waals surface area contributed by atoms with Crippen molar-refractivity contribution >= 4 is 34.6 Å². The zero-order valence-corrected chi connectivity index (χ0v) is 15.8. The van der Waals surface area contributed by atoms with Crippen LogP contribution in [0.3, 0.4) is 0 Å². The first-order valence-electron chi connectivity index (χ1n) is 8.80. The molecule has 1 heterocycles. The Morgan fingerprint density at radius 3 is 2.41 bits per heavy atom. The van der Waals surface area contributed by atoms with Crippen molar-refractivity contribution in [2.75, 3.05) is 42.9 Å². The maximum atomic E-state index is 12.5. The van der Waals surface area contributed by atoms with Crippen molar-refractivity contribution in [1.29, 1.82) is 0 Å². The topological polar surface area (TPSA) is 78.7 Å². The molecule has 1 fully saturated rings. The van der Waals surface area contributed by atoms with Crippen molar-refractivity contribution < 1.29 is 9.72 Å². The third kappa shape index (κ3) is 4.56. The van der Waals surface area contributed by atoms with Gasteiger partial charge in [-0.25, -0.2) is 0 Å². The van der Waals surface area contributed by atoms with E-state index in [2.05, 4.69) is 17.1 Å². The molecule has 0 spiro atoms. The summed E-state index contributed by atoms with van der Waals surface area (Å²) in [7, 11) is 0. The van der Waals surface area contributed by atoms with Gasteiger partial charge in [-0.2, -0.15) is 0 Å². The standard InChI is InChI=1S/C19H21ClN4O3/c1-2-22-9-11-23(12-10-22)17-8-3-14(13-18(17)24(26)27)19(25)21-16-6-4-15(20)5-7-16/h3-8,13H,2,9-12H2,1H3,(H,21,25). The molecule has 1 saturated heterocycles. The molecule has 1 amide bonds. The smallest absolute Gasteiger partial charge is 0.293 e. The Balaban J connectivity index is 1.80. The number of anilines is 2. The van der Waals surface area contributed by atoms with Gasteiger partial charge in [-0.15, -0.1) is 0 Å². The number of hydrogen-bond acceptors (Lipinski definition) is 5. The molecule has 2 aromatic rings. The molecule has 0 aromatic heterocycles. The molecule has 0 aliphatic carbocycles. The second-order valence-corrected chi connectivity index (χ2v) is 6.78. The van der Waals surface area contributed by atoms with Crippen LogP contribution in [0.15, 0.2) is 42.5 Å². The fraction of sp³-hybridized carbons (Fsp3) is 0.316. The second-order valence-electron chi connectivity index (χ2n) is 6.34. The lowest BCUT2D eigenvalue weighted by molar-refractivity contribution is -0.384. The number of nitro groups is 1. The summed E-state index contributed by atoms with van der Waals surface area (Å²) >= 11 is 5.84. The van der Waals surface area contributed by atoms with E-state index in [1.165, 1.54) is 6.07 Å². The van der Waals surface area contributed by atoms with Gasteiger partial charge in [0.25, 0.3) is 11.6 Å². The number of carbonyl (C=O) groups excluding carboxylic acids is 1. The van der Waals surface area contributed by atoms with Crippen molar-refractivity contribution in [3.63, 3.8) is 0 Å². The zero-order chi connectivity index (χ0) is 19.4. The molecule has 3 rings (SSSR count). The van der Waals surface area contributed by atoms with Crippen LogP contribution in [-0.2, 0) is 0 Å². The summed E-state index contributed by atoms with van der Waals surface area (Å²) < 4.78 is 0. The van der Waals surface area contributed by atoms with E-state index in [-0.39, 0.29) is 11.3 Å². The maximum absolute atomic E-state index is 12.5. The average Bonchev–Trinajstić information content (AvgIpc) is 2.69. The summed E-state index contributed by atoms with van der Waals surface area (Å²) in [6.45, 7) is 6.26. The van der Waals surface area contributed by atoms with Crippen molar-refractivity contribution in [3.05, 3.63) is 63.2 Å². The van der Waals surface area contributed by atoms with Crippen LogP contribution in [-0.4, -0.2) is 48.5 Å². The Hall–Kier alpha value is -2.64. The summed E-state index contributed by atoms with van der Waals surface area (Å²) in [6.07, 6.45) is 0. The second kappa shape index (κ2) is 8.37. The Labute approximate surface area is 162 Å². The van der Waals surface area contributed by atoms with Gasteiger partial charge in [0.05, 0.1) is 4.92 Å². The Kier molecular flexibility index (Phi) is 5.93. The number of nitro benzene ring substituents is 1. The Bertz CT molecular complexity index is 833. The number of likely N-dealkylation sites (N-methyl/N-ethyl adjacent to an activating group) is 1. The van der Waals surface area contributed by atoms with E-state index in [1.807, 2.05) is 4.90 Å². The molecule has 1 aliphatic rings. The molecule has 2 aromatic carbocycles. The van der Waals surface area contributed by atoms with E-state index >= 15 is 0 Å². The van der Waals surface area contributed by atoms with Crippen molar-refractivity contribution in [2.24, 2.45) is 0 Å². The van der Waals surface area contributed by atoms with Gasteiger partial charge in [0.2, 0.25) is 0 Å². The molecule has 7 nitrogen and oxygen atoms in total. The van der Waals surface area contributed by atoms with Crippen LogP contribution < -0.4 is 10.2 Å². The van der Waals surface area contributed by atoms with Gasteiger partial charge in [-0.1, -0.05) is 18.5 Å². The van der Waals surface area contributed by atoms with Gasteiger partial charge in [0, 0.05) is 48.5 Å². The molecule has 1 aliphatic heterocycles. The predicted molar refractivity (Wildman–Crippen MR) is 107 cm³/mol. The van der Waals surface area contributed by atoms with Crippen LogP contribution in [0.25, 0.3) is 0 Å². The minimum absolute atomic E-state index is 0.0521.